The number of primary amides is 1. The van der Waals surface area contributed by atoms with Crippen LogP contribution in [0.5, 0.6) is 0 Å². The first-order chi connectivity index (χ1) is 15.5. The van der Waals surface area contributed by atoms with E-state index in [1.165, 1.54) is 5.56 Å². The van der Waals surface area contributed by atoms with Gasteiger partial charge in [0.1, 0.15) is 5.82 Å². The third kappa shape index (κ3) is 4.74. The molecular formula is C26H29N5O. The Hall–Kier alpha value is -3.43. The molecule has 1 aromatic heterocycles. The summed E-state index contributed by atoms with van der Waals surface area (Å²) >= 11 is 0. The highest BCUT2D eigenvalue weighted by molar-refractivity contribution is 5.82. The van der Waals surface area contributed by atoms with E-state index in [0.717, 1.165) is 42.2 Å². The number of nitrogens with two attached hydrogens (primary N) is 1. The minimum atomic E-state index is -0.586. The number of aromatic nitrogens is 2. The predicted molar refractivity (Wildman–Crippen MR) is 124 cm³/mol. The average molecular weight is 428 g/mol. The van der Waals surface area contributed by atoms with Crippen molar-refractivity contribution in [2.75, 3.05) is 13.1 Å². The van der Waals surface area contributed by atoms with Crippen LogP contribution in [0.15, 0.2) is 54.7 Å². The van der Waals surface area contributed by atoms with Crippen LogP contribution in [-0.2, 0) is 24.1 Å². The summed E-state index contributed by atoms with van der Waals surface area (Å²) in [7, 11) is 0. The van der Waals surface area contributed by atoms with Crippen molar-refractivity contribution in [3.05, 3.63) is 88.5 Å². The Bertz CT molecular complexity index is 1130. The molecule has 4 rings (SSSR count). The number of nitriles is 1. The molecule has 1 aliphatic heterocycles. The van der Waals surface area contributed by atoms with E-state index in [1.807, 2.05) is 36.5 Å². The van der Waals surface area contributed by atoms with Crippen LogP contribution in [0.3, 0.4) is 0 Å². The lowest BCUT2D eigenvalue weighted by molar-refractivity contribution is -0.132. The molecule has 2 unspecified atom stereocenters. The summed E-state index contributed by atoms with van der Waals surface area (Å²) in [5.74, 6) is 0.733. The molecule has 1 amide bonds. The van der Waals surface area contributed by atoms with Gasteiger partial charge in [0.05, 0.1) is 17.0 Å². The van der Waals surface area contributed by atoms with Gasteiger partial charge in [-0.15, -0.1) is 0 Å². The Kier molecular flexibility index (Phi) is 6.38. The first-order valence-corrected chi connectivity index (χ1v) is 11.1. The topological polar surface area (TPSA) is 108 Å². The second kappa shape index (κ2) is 9.37. The van der Waals surface area contributed by atoms with E-state index in [0.29, 0.717) is 24.8 Å². The van der Waals surface area contributed by atoms with Crippen molar-refractivity contribution in [3.63, 3.8) is 0 Å². The van der Waals surface area contributed by atoms with E-state index in [-0.39, 0.29) is 11.8 Å². The maximum absolute atomic E-state index is 12.8. The molecule has 1 aliphatic rings. The van der Waals surface area contributed by atoms with Crippen LogP contribution in [0.25, 0.3) is 0 Å². The second-order valence-electron chi connectivity index (χ2n) is 8.88. The fourth-order valence-electron chi connectivity index (χ4n) is 4.84. The zero-order chi connectivity index (χ0) is 22.6. The van der Waals surface area contributed by atoms with Gasteiger partial charge in [-0.05, 0) is 68.5 Å². The quantitative estimate of drug-likeness (QED) is 0.539. The van der Waals surface area contributed by atoms with Gasteiger partial charge in [0.25, 0.3) is 0 Å². The summed E-state index contributed by atoms with van der Waals surface area (Å²) in [6.07, 6.45) is 4.63. The zero-order valence-electron chi connectivity index (χ0n) is 18.4. The van der Waals surface area contributed by atoms with Gasteiger partial charge in [-0.2, -0.15) is 5.26 Å². The fourth-order valence-corrected chi connectivity index (χ4v) is 4.84. The highest BCUT2D eigenvalue weighted by atomic mass is 16.1. The van der Waals surface area contributed by atoms with Crippen molar-refractivity contribution in [1.82, 2.24) is 15.3 Å². The van der Waals surface area contributed by atoms with Gasteiger partial charge in [-0.1, -0.05) is 42.0 Å². The van der Waals surface area contributed by atoms with Crippen molar-refractivity contribution < 1.29 is 4.79 Å². The minimum absolute atomic E-state index is 0.0810. The van der Waals surface area contributed by atoms with E-state index < -0.39 is 5.41 Å². The van der Waals surface area contributed by atoms with E-state index in [4.69, 9.17) is 11.0 Å². The number of nitrogens with zero attached hydrogens (tertiary/aromatic N) is 2. The second-order valence-corrected chi connectivity index (χ2v) is 8.88. The van der Waals surface area contributed by atoms with Crippen molar-refractivity contribution >= 4 is 5.91 Å². The normalized spacial score (nSPS) is 20.6. The molecule has 164 valence electrons. The maximum Gasteiger partial charge on any atom is 0.224 e. The Morgan fingerprint density at radius 1 is 1.25 bits per heavy atom. The number of hydrogen-bond acceptors (Lipinski definition) is 4. The van der Waals surface area contributed by atoms with Crippen molar-refractivity contribution in [2.24, 2.45) is 17.1 Å². The zero-order valence-corrected chi connectivity index (χ0v) is 18.4. The lowest BCUT2D eigenvalue weighted by Crippen LogP contribution is -2.54. The number of imidazole rings is 1. The van der Waals surface area contributed by atoms with Crippen LogP contribution in [0, 0.1) is 29.6 Å². The molecular weight excluding hydrogens is 398 g/mol. The fraction of sp³-hybridized carbons (Fsp3) is 0.346. The Labute approximate surface area is 188 Å². The van der Waals surface area contributed by atoms with Gasteiger partial charge >= 0.3 is 0 Å². The van der Waals surface area contributed by atoms with Gasteiger partial charge in [0, 0.05) is 18.3 Å². The molecule has 2 aromatic carbocycles. The van der Waals surface area contributed by atoms with E-state index >= 15 is 0 Å². The minimum Gasteiger partial charge on any atom is -0.369 e. The van der Waals surface area contributed by atoms with E-state index in [1.54, 1.807) is 0 Å². The molecule has 1 saturated heterocycles. The van der Waals surface area contributed by atoms with Crippen LogP contribution < -0.4 is 11.1 Å². The maximum atomic E-state index is 12.8. The Morgan fingerprint density at radius 2 is 2.06 bits per heavy atom. The average Bonchev–Trinajstić information content (AvgIpc) is 3.22. The smallest absolute Gasteiger partial charge is 0.224 e. The summed E-state index contributed by atoms with van der Waals surface area (Å²) in [5, 5.41) is 12.4. The van der Waals surface area contributed by atoms with Crippen molar-refractivity contribution in [1.29, 1.82) is 5.26 Å². The summed E-state index contributed by atoms with van der Waals surface area (Å²) in [4.78, 5) is 20.8. The van der Waals surface area contributed by atoms with Gasteiger partial charge in [0.2, 0.25) is 5.91 Å². The number of rotatable bonds is 7. The van der Waals surface area contributed by atoms with Crippen LogP contribution in [0.4, 0.5) is 0 Å². The third-order valence-electron chi connectivity index (χ3n) is 6.61. The summed E-state index contributed by atoms with van der Waals surface area (Å²) in [6, 6.07) is 18.0. The van der Waals surface area contributed by atoms with Crippen LogP contribution in [0.1, 0.15) is 40.2 Å². The third-order valence-corrected chi connectivity index (χ3v) is 6.61. The van der Waals surface area contributed by atoms with Gasteiger partial charge in [-0.25, -0.2) is 4.98 Å². The molecule has 0 radical (unpaired) electrons. The molecule has 0 bridgehead atoms. The first kappa shape index (κ1) is 21.8. The number of aryl methyl sites for hydroxylation is 1. The Morgan fingerprint density at radius 3 is 2.78 bits per heavy atom. The molecule has 0 aliphatic carbocycles. The molecule has 6 nitrogen and oxygen atoms in total. The molecule has 3 aromatic rings. The van der Waals surface area contributed by atoms with Gasteiger partial charge < -0.3 is 16.0 Å². The van der Waals surface area contributed by atoms with Crippen LogP contribution in [0.2, 0.25) is 0 Å². The Balaban J connectivity index is 1.52. The molecule has 32 heavy (non-hydrogen) atoms. The number of benzene rings is 2. The van der Waals surface area contributed by atoms with Crippen LogP contribution in [-0.4, -0.2) is 29.0 Å². The molecule has 6 heteroatoms. The molecule has 2 atom stereocenters. The highest BCUT2D eigenvalue weighted by Gasteiger charge is 2.45. The van der Waals surface area contributed by atoms with Gasteiger partial charge in [-0.3, -0.25) is 4.79 Å². The molecule has 0 saturated carbocycles. The molecule has 4 N–H and O–H groups in total. The number of hydrogen-bond donors (Lipinski definition) is 3. The SMILES string of the molecule is Cc1cccc(CC2(C(N)=O)CCNCC2Cc2cnc(Cc3ccc(C#N)cc3)[nH]2)c1. The number of piperidine rings is 1. The number of amides is 1. The number of carbonyl (C=O) groups is 1. The summed E-state index contributed by atoms with van der Waals surface area (Å²) in [5.41, 5.74) is 10.6. The van der Waals surface area contributed by atoms with E-state index in [2.05, 4.69) is 46.5 Å². The lowest BCUT2D eigenvalue weighted by atomic mass is 9.65. The highest BCUT2D eigenvalue weighted by Crippen LogP contribution is 2.39. The first-order valence-electron chi connectivity index (χ1n) is 11.1. The molecule has 0 spiro atoms. The predicted octanol–water partition coefficient (Wildman–Crippen LogP) is 3.05. The monoisotopic (exact) mass is 427 g/mol. The summed E-state index contributed by atoms with van der Waals surface area (Å²) in [6.45, 7) is 3.61. The summed E-state index contributed by atoms with van der Waals surface area (Å²) < 4.78 is 0. The van der Waals surface area contributed by atoms with Gasteiger partial charge in [0.15, 0.2) is 0 Å². The van der Waals surface area contributed by atoms with E-state index in [9.17, 15) is 4.79 Å². The number of carbonyl (C=O) groups excluding carboxylic acids is 1. The largest absolute Gasteiger partial charge is 0.369 e. The number of H-pyrrole nitrogens is 1. The standard InChI is InChI=1S/C26H29N5O/c1-18-3-2-4-21(11-18)14-26(25(28)32)9-10-29-16-22(26)13-23-17-30-24(31-23)12-19-5-7-20(15-27)8-6-19/h2-8,11,17,22,29H,9-10,12-14,16H2,1H3,(H2,28,32)(H,30,31). The lowest BCUT2D eigenvalue weighted by Gasteiger charge is -2.42. The molecule has 1 fully saturated rings. The number of aromatic amines is 1. The van der Waals surface area contributed by atoms with Crippen LogP contribution >= 0.6 is 0 Å². The van der Waals surface area contributed by atoms with Crippen molar-refractivity contribution in [3.8, 4) is 6.07 Å². The molecule has 2 heterocycles. The van der Waals surface area contributed by atoms with Crippen molar-refractivity contribution in [2.45, 2.75) is 32.6 Å². The number of nitrogens with one attached hydrogen (secondary N) is 2.